The molecule has 8 heteroatoms. The van der Waals surface area contributed by atoms with Crippen molar-refractivity contribution >= 4 is 7.32 Å². The molecule has 140 valence electrons. The maximum atomic E-state index is 9.56. The highest BCUT2D eigenvalue weighted by atomic mass is 16.6. The Kier molecular flexibility index (Phi) is 7.86. The molecule has 0 aliphatic carbocycles. The summed E-state index contributed by atoms with van der Waals surface area (Å²) in [6.07, 6.45) is 4.22. The van der Waals surface area contributed by atoms with Crippen molar-refractivity contribution in [3.8, 4) is 22.6 Å². The molecule has 7 nitrogen and oxygen atoms in total. The van der Waals surface area contributed by atoms with Crippen molar-refractivity contribution in [3.63, 3.8) is 0 Å². The van der Waals surface area contributed by atoms with Crippen molar-refractivity contribution in [1.29, 1.82) is 0 Å². The lowest BCUT2D eigenvalue weighted by Crippen LogP contribution is -2.22. The number of rotatable bonds is 10. The molecule has 0 aliphatic heterocycles. The molecule has 0 spiro atoms. The van der Waals surface area contributed by atoms with Crippen LogP contribution in [0.15, 0.2) is 36.7 Å². The van der Waals surface area contributed by atoms with Crippen molar-refractivity contribution in [3.05, 3.63) is 42.2 Å². The smallest absolute Gasteiger partial charge is 0.493 e. The molecule has 0 amide bonds. The number of methoxy groups -OCH3 is 1. The average Bonchev–Trinajstić information content (AvgIpc) is 2.66. The van der Waals surface area contributed by atoms with Crippen molar-refractivity contribution in [1.82, 2.24) is 4.98 Å². The Morgan fingerprint density at radius 2 is 1.92 bits per heavy atom. The van der Waals surface area contributed by atoms with Crippen LogP contribution in [0.3, 0.4) is 0 Å². The fourth-order valence-electron chi connectivity index (χ4n) is 2.48. The van der Waals surface area contributed by atoms with E-state index >= 15 is 0 Å². The van der Waals surface area contributed by atoms with Gasteiger partial charge in [0.2, 0.25) is 0 Å². The maximum Gasteiger partial charge on any atom is 0.633 e. The molecule has 1 heterocycles. The largest absolute Gasteiger partial charge is 0.633 e. The maximum absolute atomic E-state index is 9.56. The highest BCUT2D eigenvalue weighted by Gasteiger charge is 2.17. The van der Waals surface area contributed by atoms with Crippen LogP contribution in [-0.4, -0.2) is 54.4 Å². The van der Waals surface area contributed by atoms with E-state index in [1.165, 1.54) is 0 Å². The van der Waals surface area contributed by atoms with Crippen LogP contribution in [0.25, 0.3) is 11.1 Å². The molecule has 0 fully saturated rings. The molecular weight excluding hydrogens is 337 g/mol. The zero-order valence-corrected chi connectivity index (χ0v) is 15.0. The van der Waals surface area contributed by atoms with Crippen molar-refractivity contribution in [2.24, 2.45) is 0 Å². The van der Waals surface area contributed by atoms with Gasteiger partial charge in [0.05, 0.1) is 20.3 Å². The van der Waals surface area contributed by atoms with Crippen LogP contribution >= 0.6 is 0 Å². The summed E-state index contributed by atoms with van der Waals surface area (Å²) >= 11 is 0. The van der Waals surface area contributed by atoms with Crippen molar-refractivity contribution in [2.75, 3.05) is 26.9 Å². The summed E-state index contributed by atoms with van der Waals surface area (Å²) in [5, 5.41) is 27.2. The lowest BCUT2D eigenvalue weighted by Gasteiger charge is -2.16. The summed E-state index contributed by atoms with van der Waals surface area (Å²) in [5.74, 6) is 0.894. The first-order valence-electron chi connectivity index (χ1n) is 8.43. The molecular formula is C18H24BNO6. The van der Waals surface area contributed by atoms with E-state index in [9.17, 15) is 5.11 Å². The van der Waals surface area contributed by atoms with Gasteiger partial charge in [0.25, 0.3) is 0 Å². The summed E-state index contributed by atoms with van der Waals surface area (Å²) in [4.78, 5) is 4.23. The van der Waals surface area contributed by atoms with Gasteiger partial charge in [0, 0.05) is 30.5 Å². The fraction of sp³-hybridized carbons (Fsp3) is 0.389. The minimum absolute atomic E-state index is 0.0349. The highest BCUT2D eigenvalue weighted by molar-refractivity contribution is 6.32. The molecule has 0 radical (unpaired) electrons. The second kappa shape index (κ2) is 10.1. The Labute approximate surface area is 153 Å². The van der Waals surface area contributed by atoms with Gasteiger partial charge in [-0.05, 0) is 35.7 Å². The number of pyridine rings is 1. The zero-order chi connectivity index (χ0) is 18.9. The Morgan fingerprint density at radius 3 is 2.58 bits per heavy atom. The first-order valence-corrected chi connectivity index (χ1v) is 8.43. The van der Waals surface area contributed by atoms with Gasteiger partial charge in [0.15, 0.2) is 11.5 Å². The van der Waals surface area contributed by atoms with Crippen molar-refractivity contribution in [2.45, 2.75) is 19.3 Å². The molecule has 1 atom stereocenters. The van der Waals surface area contributed by atoms with E-state index in [1.807, 2.05) is 31.2 Å². The van der Waals surface area contributed by atoms with E-state index in [0.29, 0.717) is 18.1 Å². The summed E-state index contributed by atoms with van der Waals surface area (Å²) in [5.41, 5.74) is 2.47. The topological polar surface area (TPSA) is 101 Å². The molecule has 3 N–H and O–H groups in total. The van der Waals surface area contributed by atoms with Gasteiger partial charge < -0.3 is 29.3 Å². The van der Waals surface area contributed by atoms with Crippen LogP contribution in [0, 0.1) is 0 Å². The minimum atomic E-state index is -1.87. The van der Waals surface area contributed by atoms with Gasteiger partial charge in [-0.2, -0.15) is 0 Å². The third-order valence-corrected chi connectivity index (χ3v) is 3.86. The fourth-order valence-corrected chi connectivity index (χ4v) is 2.48. The number of aromatic nitrogens is 1. The van der Waals surface area contributed by atoms with E-state index in [0.717, 1.165) is 23.1 Å². The lowest BCUT2D eigenvalue weighted by molar-refractivity contribution is 0.148. The van der Waals surface area contributed by atoms with E-state index in [2.05, 4.69) is 4.98 Å². The molecule has 0 bridgehead atoms. The van der Waals surface area contributed by atoms with E-state index in [1.54, 1.807) is 19.5 Å². The van der Waals surface area contributed by atoms with E-state index in [-0.39, 0.29) is 13.2 Å². The number of aliphatic hydroxyl groups is 1. The van der Waals surface area contributed by atoms with E-state index in [4.69, 9.17) is 24.2 Å². The third kappa shape index (κ3) is 5.44. The standard InChI is InChI=1S/C18H24BNO6/c1-3-6-25-18-8-13(4-5-17(18)24-2)14-7-15(10-20-9-14)16(11-21)12-26-19(22)23/h4-5,7-10,16,21-23H,3,6,11-12H2,1-2H3/t16-/m0/s1. The quantitative estimate of drug-likeness (QED) is 0.553. The van der Waals surface area contributed by atoms with Crippen molar-refractivity contribution < 1.29 is 29.3 Å². The molecule has 0 unspecified atom stereocenters. The second-order valence-corrected chi connectivity index (χ2v) is 5.76. The van der Waals surface area contributed by atoms with Gasteiger partial charge in [-0.15, -0.1) is 0 Å². The molecule has 2 rings (SSSR count). The van der Waals surface area contributed by atoms with E-state index < -0.39 is 13.2 Å². The number of aliphatic hydroxyl groups excluding tert-OH is 1. The number of benzene rings is 1. The number of hydrogen-bond donors (Lipinski definition) is 3. The monoisotopic (exact) mass is 361 g/mol. The van der Waals surface area contributed by atoms with Crippen LogP contribution in [-0.2, 0) is 4.65 Å². The normalized spacial score (nSPS) is 11.9. The predicted octanol–water partition coefficient (Wildman–Crippen LogP) is 1.61. The lowest BCUT2D eigenvalue weighted by atomic mass is 9.98. The van der Waals surface area contributed by atoms with Gasteiger partial charge in [-0.25, -0.2) is 0 Å². The SMILES string of the molecule is CCCOc1cc(-c2cncc([C@@H](CO)COB(O)O)c2)ccc1OC. The van der Waals surface area contributed by atoms with Gasteiger partial charge in [-0.1, -0.05) is 13.0 Å². The Bertz CT molecular complexity index is 697. The van der Waals surface area contributed by atoms with Crippen LogP contribution in [0.5, 0.6) is 11.5 Å². The number of nitrogens with zero attached hydrogens (tertiary/aromatic N) is 1. The Hall–Kier alpha value is -2.13. The Morgan fingerprint density at radius 1 is 1.12 bits per heavy atom. The first-order chi connectivity index (χ1) is 12.6. The summed E-state index contributed by atoms with van der Waals surface area (Å²) in [7, 11) is -0.280. The third-order valence-electron chi connectivity index (χ3n) is 3.86. The average molecular weight is 361 g/mol. The first kappa shape index (κ1) is 20.2. The predicted molar refractivity (Wildman–Crippen MR) is 98.0 cm³/mol. The van der Waals surface area contributed by atoms with Gasteiger partial charge in [0.1, 0.15) is 0 Å². The molecule has 1 aromatic carbocycles. The van der Waals surface area contributed by atoms with Crippen LogP contribution in [0.1, 0.15) is 24.8 Å². The number of ether oxygens (including phenoxy) is 2. The van der Waals surface area contributed by atoms with Crippen LogP contribution < -0.4 is 9.47 Å². The molecule has 0 saturated heterocycles. The molecule has 2 aromatic rings. The molecule has 0 saturated carbocycles. The zero-order valence-electron chi connectivity index (χ0n) is 15.0. The van der Waals surface area contributed by atoms with Crippen LogP contribution in [0.4, 0.5) is 0 Å². The minimum Gasteiger partial charge on any atom is -0.493 e. The Balaban J connectivity index is 2.28. The van der Waals surface area contributed by atoms with Gasteiger partial charge in [-0.3, -0.25) is 4.98 Å². The molecule has 0 aliphatic rings. The summed E-state index contributed by atoms with van der Waals surface area (Å²) in [6, 6.07) is 7.51. The molecule has 26 heavy (non-hydrogen) atoms. The van der Waals surface area contributed by atoms with Gasteiger partial charge >= 0.3 is 7.32 Å². The second-order valence-electron chi connectivity index (χ2n) is 5.76. The van der Waals surface area contributed by atoms with Crippen LogP contribution in [0.2, 0.25) is 0 Å². The molecule has 1 aromatic heterocycles. The highest BCUT2D eigenvalue weighted by Crippen LogP contribution is 2.33. The number of hydrogen-bond acceptors (Lipinski definition) is 7. The summed E-state index contributed by atoms with van der Waals surface area (Å²) < 4.78 is 15.8. The summed E-state index contributed by atoms with van der Waals surface area (Å²) in [6.45, 7) is 2.38.